The van der Waals surface area contributed by atoms with E-state index < -0.39 is 6.04 Å². The molecule has 3 rings (SSSR count). The second-order valence-electron chi connectivity index (χ2n) is 6.76. The van der Waals surface area contributed by atoms with Gasteiger partial charge in [0.05, 0.1) is 27.0 Å². The Morgan fingerprint density at radius 2 is 1.60 bits per heavy atom. The van der Waals surface area contributed by atoms with Crippen LogP contribution in [0.25, 0.3) is 10.9 Å². The van der Waals surface area contributed by atoms with Crippen LogP contribution in [-0.4, -0.2) is 43.8 Å². The minimum atomic E-state index is -0.777. The van der Waals surface area contributed by atoms with E-state index in [9.17, 15) is 9.59 Å². The zero-order valence-corrected chi connectivity index (χ0v) is 17.6. The summed E-state index contributed by atoms with van der Waals surface area (Å²) in [6.07, 6.45) is 0. The van der Waals surface area contributed by atoms with Crippen LogP contribution in [0, 0.1) is 0 Å². The molecule has 2 aromatic carbocycles. The third-order valence-corrected chi connectivity index (χ3v) is 4.89. The first-order valence-corrected chi connectivity index (χ1v) is 9.35. The third kappa shape index (κ3) is 4.17. The number of rotatable bonds is 7. The molecule has 158 valence electrons. The van der Waals surface area contributed by atoms with Crippen molar-refractivity contribution in [2.45, 2.75) is 13.0 Å². The van der Waals surface area contributed by atoms with Crippen LogP contribution in [0.1, 0.15) is 17.4 Å². The van der Waals surface area contributed by atoms with E-state index in [4.69, 9.17) is 14.2 Å². The summed E-state index contributed by atoms with van der Waals surface area (Å²) in [5.74, 6) is 1.04. The number of anilines is 1. The van der Waals surface area contributed by atoms with E-state index >= 15 is 0 Å². The van der Waals surface area contributed by atoms with Crippen molar-refractivity contribution in [2.75, 3.05) is 26.6 Å². The van der Waals surface area contributed by atoms with Crippen LogP contribution in [0.2, 0.25) is 0 Å². The zero-order valence-electron chi connectivity index (χ0n) is 17.6. The Balaban J connectivity index is 1.75. The van der Waals surface area contributed by atoms with Gasteiger partial charge in [-0.05, 0) is 43.3 Å². The first-order chi connectivity index (χ1) is 14.4. The van der Waals surface area contributed by atoms with E-state index in [-0.39, 0.29) is 11.8 Å². The minimum Gasteiger partial charge on any atom is -0.497 e. The number of aryl methyl sites for hydroxylation is 1. The van der Waals surface area contributed by atoms with Crippen LogP contribution in [0.15, 0.2) is 42.5 Å². The number of nitrogens with zero attached hydrogens (tertiary/aromatic N) is 1. The van der Waals surface area contributed by atoms with Crippen molar-refractivity contribution in [2.24, 2.45) is 7.05 Å². The second-order valence-corrected chi connectivity index (χ2v) is 6.76. The highest BCUT2D eigenvalue weighted by Gasteiger charge is 2.21. The fraction of sp³-hybridized carbons (Fsp3) is 0.273. The fourth-order valence-corrected chi connectivity index (χ4v) is 3.16. The van der Waals surface area contributed by atoms with Crippen LogP contribution in [0.5, 0.6) is 17.2 Å². The van der Waals surface area contributed by atoms with E-state index in [1.54, 1.807) is 49.9 Å². The monoisotopic (exact) mass is 411 g/mol. The molecule has 30 heavy (non-hydrogen) atoms. The molecule has 1 atom stereocenters. The van der Waals surface area contributed by atoms with Gasteiger partial charge in [0, 0.05) is 24.0 Å². The van der Waals surface area contributed by atoms with Crippen LogP contribution < -0.4 is 24.8 Å². The van der Waals surface area contributed by atoms with Gasteiger partial charge in [0.2, 0.25) is 5.91 Å². The van der Waals surface area contributed by atoms with Gasteiger partial charge < -0.3 is 29.4 Å². The van der Waals surface area contributed by atoms with E-state index in [0.29, 0.717) is 28.6 Å². The molecule has 0 saturated heterocycles. The van der Waals surface area contributed by atoms with Gasteiger partial charge in [-0.2, -0.15) is 0 Å². The molecule has 0 unspecified atom stereocenters. The largest absolute Gasteiger partial charge is 0.497 e. The van der Waals surface area contributed by atoms with Gasteiger partial charge in [0.25, 0.3) is 5.91 Å². The standard InChI is InChI=1S/C22H25N3O5/c1-13(21(26)24-17-12-16(29-4)7-9-20(17)30-5)23-22(27)19-11-14-10-15(28-3)6-8-18(14)25(19)2/h6-13H,1-5H3,(H,23,27)(H,24,26)/t13-/m1/s1. The molecule has 0 spiro atoms. The predicted octanol–water partition coefficient (Wildman–Crippen LogP) is 2.96. The molecule has 3 aromatic rings. The van der Waals surface area contributed by atoms with Crippen molar-refractivity contribution in [1.82, 2.24) is 9.88 Å². The Kier molecular flexibility index (Phi) is 6.15. The van der Waals surface area contributed by atoms with E-state index in [1.807, 2.05) is 18.2 Å². The van der Waals surface area contributed by atoms with Crippen molar-refractivity contribution >= 4 is 28.4 Å². The van der Waals surface area contributed by atoms with Gasteiger partial charge >= 0.3 is 0 Å². The van der Waals surface area contributed by atoms with Crippen LogP contribution >= 0.6 is 0 Å². The van der Waals surface area contributed by atoms with Gasteiger partial charge in [-0.25, -0.2) is 0 Å². The molecule has 1 aromatic heterocycles. The van der Waals surface area contributed by atoms with Crippen LogP contribution in [-0.2, 0) is 11.8 Å². The lowest BCUT2D eigenvalue weighted by Crippen LogP contribution is -2.42. The number of aromatic nitrogens is 1. The van der Waals surface area contributed by atoms with Gasteiger partial charge in [-0.1, -0.05) is 0 Å². The molecule has 0 saturated carbocycles. The third-order valence-electron chi connectivity index (χ3n) is 4.89. The Morgan fingerprint density at radius 3 is 2.27 bits per heavy atom. The molecule has 8 nitrogen and oxygen atoms in total. The average Bonchev–Trinajstić information content (AvgIpc) is 3.09. The van der Waals surface area contributed by atoms with Crippen LogP contribution in [0.4, 0.5) is 5.69 Å². The predicted molar refractivity (Wildman–Crippen MR) is 115 cm³/mol. The number of amides is 2. The summed E-state index contributed by atoms with van der Waals surface area (Å²) >= 11 is 0. The van der Waals surface area contributed by atoms with Crippen molar-refractivity contribution in [1.29, 1.82) is 0 Å². The number of fused-ring (bicyclic) bond motifs is 1. The summed E-state index contributed by atoms with van der Waals surface area (Å²) in [6.45, 7) is 1.62. The molecule has 0 fully saturated rings. The molecule has 0 aliphatic carbocycles. The highest BCUT2D eigenvalue weighted by atomic mass is 16.5. The smallest absolute Gasteiger partial charge is 0.268 e. The first-order valence-electron chi connectivity index (χ1n) is 9.35. The summed E-state index contributed by atoms with van der Waals surface area (Å²) in [5.41, 5.74) is 1.79. The molecular formula is C22H25N3O5. The topological polar surface area (TPSA) is 90.8 Å². The molecule has 2 N–H and O–H groups in total. The maximum atomic E-state index is 12.8. The quantitative estimate of drug-likeness (QED) is 0.624. The van der Waals surface area contributed by atoms with Crippen molar-refractivity contribution in [3.63, 3.8) is 0 Å². The number of nitrogens with one attached hydrogen (secondary N) is 2. The molecule has 1 heterocycles. The Hall–Kier alpha value is -3.68. The number of benzene rings is 2. The second kappa shape index (κ2) is 8.77. The molecule has 0 radical (unpaired) electrons. The van der Waals surface area contributed by atoms with E-state index in [1.165, 1.54) is 14.2 Å². The molecular weight excluding hydrogens is 386 g/mol. The Morgan fingerprint density at radius 1 is 0.933 bits per heavy atom. The summed E-state index contributed by atoms with van der Waals surface area (Å²) in [6, 6.07) is 11.7. The molecule has 0 aliphatic rings. The lowest BCUT2D eigenvalue weighted by Gasteiger charge is -2.16. The normalized spacial score (nSPS) is 11.6. The lowest BCUT2D eigenvalue weighted by molar-refractivity contribution is -0.117. The minimum absolute atomic E-state index is 0.354. The number of hydrogen-bond acceptors (Lipinski definition) is 5. The van der Waals surface area contributed by atoms with Gasteiger partial charge in [0.15, 0.2) is 0 Å². The van der Waals surface area contributed by atoms with E-state index in [0.717, 1.165) is 10.9 Å². The first kappa shape index (κ1) is 21.0. The number of carbonyl (C=O) groups is 2. The highest BCUT2D eigenvalue weighted by Crippen LogP contribution is 2.29. The Labute approximate surface area is 174 Å². The lowest BCUT2D eigenvalue weighted by atomic mass is 10.2. The maximum Gasteiger partial charge on any atom is 0.268 e. The van der Waals surface area contributed by atoms with Gasteiger partial charge in [0.1, 0.15) is 29.0 Å². The SMILES string of the molecule is COc1ccc(OC)c(NC(=O)[C@@H](C)NC(=O)c2cc3cc(OC)ccc3n2C)c1. The molecule has 0 aliphatic heterocycles. The number of carbonyl (C=O) groups excluding carboxylic acids is 2. The molecule has 2 amide bonds. The van der Waals surface area contributed by atoms with Gasteiger partial charge in [-0.3, -0.25) is 9.59 Å². The Bertz CT molecular complexity index is 1090. The van der Waals surface area contributed by atoms with Gasteiger partial charge in [-0.15, -0.1) is 0 Å². The highest BCUT2D eigenvalue weighted by molar-refractivity contribution is 6.03. The molecule has 8 heteroatoms. The molecule has 0 bridgehead atoms. The summed E-state index contributed by atoms with van der Waals surface area (Å²) < 4.78 is 17.5. The fourth-order valence-electron chi connectivity index (χ4n) is 3.16. The number of ether oxygens (including phenoxy) is 3. The van der Waals surface area contributed by atoms with Crippen molar-refractivity contribution in [3.05, 3.63) is 48.2 Å². The zero-order chi connectivity index (χ0) is 21.8. The van der Waals surface area contributed by atoms with E-state index in [2.05, 4.69) is 10.6 Å². The number of hydrogen-bond donors (Lipinski definition) is 2. The maximum absolute atomic E-state index is 12.8. The summed E-state index contributed by atoms with van der Waals surface area (Å²) in [7, 11) is 6.44. The van der Waals surface area contributed by atoms with Crippen molar-refractivity contribution in [3.8, 4) is 17.2 Å². The average molecular weight is 411 g/mol. The van der Waals surface area contributed by atoms with Crippen LogP contribution in [0.3, 0.4) is 0 Å². The summed E-state index contributed by atoms with van der Waals surface area (Å²) in [5, 5.41) is 6.38. The number of methoxy groups -OCH3 is 3. The van der Waals surface area contributed by atoms with Crippen molar-refractivity contribution < 1.29 is 23.8 Å². The summed E-state index contributed by atoms with van der Waals surface area (Å²) in [4.78, 5) is 25.4.